The minimum absolute atomic E-state index is 0.103. The first-order valence-corrected chi connectivity index (χ1v) is 5.86. The van der Waals surface area contributed by atoms with Crippen LogP contribution >= 0.6 is 0 Å². The minimum atomic E-state index is -0.151. The van der Waals surface area contributed by atoms with Crippen molar-refractivity contribution in [1.29, 1.82) is 0 Å². The van der Waals surface area contributed by atoms with Gasteiger partial charge in [-0.05, 0) is 32.6 Å². The number of carbonyl (C=O) groups is 1. The molecular weight excluding hydrogens is 190 g/mol. The van der Waals surface area contributed by atoms with Crippen molar-refractivity contribution in [3.05, 3.63) is 0 Å². The summed E-state index contributed by atoms with van der Waals surface area (Å²) in [7, 11) is 0. The molecular formula is C11H19N3O. The molecule has 1 atom stereocenters. The molecule has 0 radical (unpaired) electrons. The van der Waals surface area contributed by atoms with Crippen molar-refractivity contribution in [3.63, 3.8) is 0 Å². The van der Waals surface area contributed by atoms with Gasteiger partial charge in [0.25, 0.3) is 0 Å². The van der Waals surface area contributed by atoms with Gasteiger partial charge in [0.1, 0.15) is 6.04 Å². The Labute approximate surface area is 90.5 Å². The SMILES string of the molecule is CC(NC1=NCCCC1)C(=O)NC1CC1. The second kappa shape index (κ2) is 4.64. The molecule has 1 heterocycles. The number of nitrogens with one attached hydrogen (secondary N) is 2. The van der Waals surface area contributed by atoms with Gasteiger partial charge in [0.2, 0.25) is 5.91 Å². The van der Waals surface area contributed by atoms with Crippen LogP contribution in [0.3, 0.4) is 0 Å². The van der Waals surface area contributed by atoms with E-state index in [1.54, 1.807) is 0 Å². The van der Waals surface area contributed by atoms with Gasteiger partial charge in [-0.25, -0.2) is 0 Å². The zero-order valence-corrected chi connectivity index (χ0v) is 9.25. The van der Waals surface area contributed by atoms with E-state index in [9.17, 15) is 4.79 Å². The van der Waals surface area contributed by atoms with Gasteiger partial charge in [-0.15, -0.1) is 0 Å². The van der Waals surface area contributed by atoms with Gasteiger partial charge in [0.15, 0.2) is 0 Å². The van der Waals surface area contributed by atoms with Crippen LogP contribution in [0.1, 0.15) is 39.0 Å². The molecule has 0 saturated heterocycles. The second-order valence-corrected chi connectivity index (χ2v) is 4.43. The summed E-state index contributed by atoms with van der Waals surface area (Å²) in [5, 5.41) is 6.18. The van der Waals surface area contributed by atoms with Crippen LogP contribution in [0.15, 0.2) is 4.99 Å². The highest BCUT2D eigenvalue weighted by Crippen LogP contribution is 2.18. The van der Waals surface area contributed by atoms with E-state index >= 15 is 0 Å². The molecule has 1 aliphatic carbocycles. The van der Waals surface area contributed by atoms with E-state index < -0.39 is 0 Å². The van der Waals surface area contributed by atoms with Crippen molar-refractivity contribution in [2.45, 2.75) is 51.1 Å². The van der Waals surface area contributed by atoms with Gasteiger partial charge < -0.3 is 10.6 Å². The minimum Gasteiger partial charge on any atom is -0.362 e. The second-order valence-electron chi connectivity index (χ2n) is 4.43. The summed E-state index contributed by atoms with van der Waals surface area (Å²) in [5.74, 6) is 1.10. The van der Waals surface area contributed by atoms with E-state index in [1.807, 2.05) is 6.92 Å². The van der Waals surface area contributed by atoms with Crippen molar-refractivity contribution in [2.75, 3.05) is 6.54 Å². The zero-order valence-electron chi connectivity index (χ0n) is 9.25. The maximum Gasteiger partial charge on any atom is 0.242 e. The number of amidine groups is 1. The maximum absolute atomic E-state index is 11.6. The van der Waals surface area contributed by atoms with Crippen molar-refractivity contribution in [3.8, 4) is 0 Å². The van der Waals surface area contributed by atoms with Gasteiger partial charge in [-0.1, -0.05) is 0 Å². The fraction of sp³-hybridized carbons (Fsp3) is 0.818. The molecule has 0 aromatic heterocycles. The van der Waals surface area contributed by atoms with Gasteiger partial charge >= 0.3 is 0 Å². The molecule has 4 heteroatoms. The molecule has 0 bridgehead atoms. The highest BCUT2D eigenvalue weighted by atomic mass is 16.2. The standard InChI is InChI=1S/C11H19N3O/c1-8(11(15)14-9-5-6-9)13-10-4-2-3-7-12-10/h8-9H,2-7H2,1H3,(H,12,13)(H,14,15). The number of aliphatic imine (C=N–C) groups is 1. The number of carbonyl (C=O) groups excluding carboxylic acids is 1. The summed E-state index contributed by atoms with van der Waals surface area (Å²) in [6, 6.07) is 0.289. The van der Waals surface area contributed by atoms with Crippen LogP contribution in [-0.4, -0.2) is 30.4 Å². The summed E-state index contributed by atoms with van der Waals surface area (Å²) < 4.78 is 0. The number of hydrogen-bond acceptors (Lipinski definition) is 3. The third kappa shape index (κ3) is 3.22. The van der Waals surface area contributed by atoms with E-state index in [1.165, 1.54) is 12.8 Å². The molecule has 0 aromatic carbocycles. The third-order valence-electron chi connectivity index (χ3n) is 2.82. The van der Waals surface area contributed by atoms with Crippen molar-refractivity contribution in [2.24, 2.45) is 4.99 Å². The summed E-state index contributed by atoms with van der Waals surface area (Å²) in [4.78, 5) is 16.0. The normalized spacial score (nSPS) is 22.9. The quantitative estimate of drug-likeness (QED) is 0.723. The molecule has 0 aromatic rings. The highest BCUT2D eigenvalue weighted by Gasteiger charge is 2.25. The maximum atomic E-state index is 11.6. The van der Waals surface area contributed by atoms with E-state index in [2.05, 4.69) is 15.6 Å². The van der Waals surface area contributed by atoms with Gasteiger partial charge in [0.05, 0.1) is 5.84 Å². The lowest BCUT2D eigenvalue weighted by Gasteiger charge is -2.19. The Kier molecular flexibility index (Phi) is 3.23. The van der Waals surface area contributed by atoms with E-state index in [4.69, 9.17) is 0 Å². The Morgan fingerprint density at radius 2 is 2.27 bits per heavy atom. The average Bonchev–Trinajstić information content (AvgIpc) is 3.03. The van der Waals surface area contributed by atoms with Crippen molar-refractivity contribution >= 4 is 11.7 Å². The fourth-order valence-electron chi connectivity index (χ4n) is 1.68. The highest BCUT2D eigenvalue weighted by molar-refractivity contribution is 5.90. The van der Waals surface area contributed by atoms with Crippen LogP contribution < -0.4 is 10.6 Å². The average molecular weight is 209 g/mol. The summed E-state index contributed by atoms with van der Waals surface area (Å²) >= 11 is 0. The topological polar surface area (TPSA) is 53.5 Å². The predicted molar refractivity (Wildman–Crippen MR) is 59.9 cm³/mol. The van der Waals surface area contributed by atoms with E-state index in [0.29, 0.717) is 6.04 Å². The molecule has 0 spiro atoms. The largest absolute Gasteiger partial charge is 0.362 e. The molecule has 84 valence electrons. The molecule has 1 unspecified atom stereocenters. The van der Waals surface area contributed by atoms with Gasteiger partial charge in [-0.3, -0.25) is 9.79 Å². The molecule has 4 nitrogen and oxygen atoms in total. The predicted octanol–water partition coefficient (Wildman–Crippen LogP) is 0.825. The summed E-state index contributed by atoms with van der Waals surface area (Å²) in [6.45, 7) is 2.80. The summed E-state index contributed by atoms with van der Waals surface area (Å²) in [5.41, 5.74) is 0. The molecule has 1 fully saturated rings. The lowest BCUT2D eigenvalue weighted by molar-refractivity contribution is -0.122. The molecule has 2 aliphatic rings. The van der Waals surface area contributed by atoms with Gasteiger partial charge in [0, 0.05) is 19.0 Å². The number of rotatable bonds is 3. The first-order chi connectivity index (χ1) is 7.25. The first-order valence-electron chi connectivity index (χ1n) is 5.86. The van der Waals surface area contributed by atoms with Crippen LogP contribution in [0.2, 0.25) is 0 Å². The van der Waals surface area contributed by atoms with Gasteiger partial charge in [-0.2, -0.15) is 0 Å². The van der Waals surface area contributed by atoms with Crippen LogP contribution in [-0.2, 0) is 4.79 Å². The first kappa shape index (κ1) is 10.5. The third-order valence-corrected chi connectivity index (χ3v) is 2.82. The molecule has 15 heavy (non-hydrogen) atoms. The lowest BCUT2D eigenvalue weighted by Crippen LogP contribution is -2.45. The van der Waals surface area contributed by atoms with E-state index in [0.717, 1.165) is 31.6 Å². The Morgan fingerprint density at radius 3 is 2.87 bits per heavy atom. The lowest BCUT2D eigenvalue weighted by atomic mass is 10.1. The Balaban J connectivity index is 1.76. The van der Waals surface area contributed by atoms with Crippen molar-refractivity contribution < 1.29 is 4.79 Å². The van der Waals surface area contributed by atoms with Crippen molar-refractivity contribution in [1.82, 2.24) is 10.6 Å². The Hall–Kier alpha value is -1.06. The number of amides is 1. The number of nitrogens with zero attached hydrogens (tertiary/aromatic N) is 1. The van der Waals surface area contributed by atoms with E-state index in [-0.39, 0.29) is 11.9 Å². The Morgan fingerprint density at radius 1 is 1.47 bits per heavy atom. The fourth-order valence-corrected chi connectivity index (χ4v) is 1.68. The summed E-state index contributed by atoms with van der Waals surface area (Å²) in [6.07, 6.45) is 5.62. The van der Waals surface area contributed by atoms with Crippen LogP contribution in [0.4, 0.5) is 0 Å². The molecule has 2 rings (SSSR count). The number of hydrogen-bond donors (Lipinski definition) is 2. The zero-order chi connectivity index (χ0) is 10.7. The van der Waals surface area contributed by atoms with Crippen LogP contribution in [0.5, 0.6) is 0 Å². The Bertz CT molecular complexity index is 271. The molecule has 1 saturated carbocycles. The molecule has 1 amide bonds. The molecule has 2 N–H and O–H groups in total. The van der Waals surface area contributed by atoms with Crippen LogP contribution in [0, 0.1) is 0 Å². The van der Waals surface area contributed by atoms with Crippen LogP contribution in [0.25, 0.3) is 0 Å². The molecule has 1 aliphatic heterocycles. The smallest absolute Gasteiger partial charge is 0.242 e. The monoisotopic (exact) mass is 209 g/mol.